The van der Waals surface area contributed by atoms with Crippen molar-refractivity contribution in [1.29, 1.82) is 0 Å². The summed E-state index contributed by atoms with van der Waals surface area (Å²) in [6.07, 6.45) is 3.96. The smallest absolute Gasteiger partial charge is 0.316 e. The fourth-order valence-corrected chi connectivity index (χ4v) is 2.62. The first-order chi connectivity index (χ1) is 9.13. The summed E-state index contributed by atoms with van der Waals surface area (Å²) >= 11 is 5.44. The molecule has 3 nitrogen and oxygen atoms in total. The summed E-state index contributed by atoms with van der Waals surface area (Å²) in [5.41, 5.74) is 1.16. The van der Waals surface area contributed by atoms with Crippen LogP contribution in [0.5, 0.6) is 0 Å². The second-order valence-corrected chi connectivity index (χ2v) is 5.07. The molecule has 0 radical (unpaired) electrons. The van der Waals surface area contributed by atoms with E-state index in [9.17, 15) is 4.79 Å². The first kappa shape index (κ1) is 13.7. The molecule has 0 aliphatic carbocycles. The van der Waals surface area contributed by atoms with Crippen LogP contribution in [0.15, 0.2) is 42.6 Å². The summed E-state index contributed by atoms with van der Waals surface area (Å²) in [6.45, 7) is 2.65. The van der Waals surface area contributed by atoms with Crippen LogP contribution in [0.3, 0.4) is 0 Å². The number of ether oxygens (including phenoxy) is 1. The third-order valence-corrected chi connectivity index (χ3v) is 3.78. The molecule has 2 atom stereocenters. The van der Waals surface area contributed by atoms with E-state index in [1.54, 1.807) is 0 Å². The molecular weight excluding hydrogens is 258 g/mol. The van der Waals surface area contributed by atoms with Crippen LogP contribution in [-0.4, -0.2) is 23.0 Å². The SMILES string of the molecule is COC(=O)[C@@H]1C(=S)N(Cc2ccccc2)C=C[C@H]1C. The zero-order valence-electron chi connectivity index (χ0n) is 11.1. The van der Waals surface area contributed by atoms with Crippen molar-refractivity contribution >= 4 is 23.2 Å². The molecule has 0 unspecified atom stereocenters. The Hall–Kier alpha value is -1.68. The number of benzene rings is 1. The fourth-order valence-electron chi connectivity index (χ4n) is 2.18. The number of methoxy groups -OCH3 is 1. The van der Waals surface area contributed by atoms with Crippen molar-refractivity contribution in [2.45, 2.75) is 13.5 Å². The average molecular weight is 275 g/mol. The molecule has 0 saturated carbocycles. The molecule has 0 aromatic heterocycles. The van der Waals surface area contributed by atoms with Crippen molar-refractivity contribution in [2.75, 3.05) is 7.11 Å². The van der Waals surface area contributed by atoms with Gasteiger partial charge in [0.15, 0.2) is 0 Å². The van der Waals surface area contributed by atoms with Crippen molar-refractivity contribution in [3.05, 3.63) is 48.2 Å². The van der Waals surface area contributed by atoms with Gasteiger partial charge in [-0.15, -0.1) is 0 Å². The second-order valence-electron chi connectivity index (χ2n) is 4.65. The molecule has 1 heterocycles. The minimum absolute atomic E-state index is 0.0759. The Kier molecular flexibility index (Phi) is 4.32. The lowest BCUT2D eigenvalue weighted by molar-refractivity contribution is -0.144. The van der Waals surface area contributed by atoms with Gasteiger partial charge >= 0.3 is 5.97 Å². The van der Waals surface area contributed by atoms with Gasteiger partial charge in [-0.3, -0.25) is 4.79 Å². The lowest BCUT2D eigenvalue weighted by Gasteiger charge is -2.32. The van der Waals surface area contributed by atoms with Crippen LogP contribution < -0.4 is 0 Å². The summed E-state index contributed by atoms with van der Waals surface area (Å²) in [6, 6.07) is 10.1. The standard InChI is InChI=1S/C15H17NO2S/c1-11-8-9-16(10-12-6-4-3-5-7-12)14(19)13(11)15(17)18-2/h3-9,11,13H,10H2,1-2H3/t11-,13+/m1/s1. The number of hydrogen-bond acceptors (Lipinski definition) is 3. The van der Waals surface area contributed by atoms with E-state index >= 15 is 0 Å². The predicted molar refractivity (Wildman–Crippen MR) is 78.4 cm³/mol. The largest absolute Gasteiger partial charge is 0.468 e. The minimum Gasteiger partial charge on any atom is -0.468 e. The van der Waals surface area contributed by atoms with Gasteiger partial charge in [0, 0.05) is 12.7 Å². The van der Waals surface area contributed by atoms with Gasteiger partial charge < -0.3 is 9.64 Å². The van der Waals surface area contributed by atoms with E-state index in [2.05, 4.69) is 0 Å². The highest BCUT2D eigenvalue weighted by Gasteiger charge is 2.34. The molecule has 4 heteroatoms. The molecule has 0 saturated heterocycles. The molecule has 0 spiro atoms. The van der Waals surface area contributed by atoms with Crippen LogP contribution in [0.1, 0.15) is 12.5 Å². The first-order valence-corrected chi connectivity index (χ1v) is 6.65. The van der Waals surface area contributed by atoms with E-state index < -0.39 is 0 Å². The Morgan fingerprint density at radius 3 is 2.68 bits per heavy atom. The molecule has 1 aromatic carbocycles. The van der Waals surface area contributed by atoms with Crippen LogP contribution in [0.4, 0.5) is 0 Å². The molecule has 1 aromatic rings. The summed E-state index contributed by atoms with van der Waals surface area (Å²) in [7, 11) is 1.40. The van der Waals surface area contributed by atoms with Gasteiger partial charge in [-0.05, 0) is 11.5 Å². The van der Waals surface area contributed by atoms with Crippen molar-refractivity contribution in [3.8, 4) is 0 Å². The molecule has 19 heavy (non-hydrogen) atoms. The van der Waals surface area contributed by atoms with E-state index in [-0.39, 0.29) is 17.8 Å². The normalized spacial score (nSPS) is 22.4. The molecule has 0 bridgehead atoms. The van der Waals surface area contributed by atoms with Crippen molar-refractivity contribution in [2.24, 2.45) is 11.8 Å². The lowest BCUT2D eigenvalue weighted by Crippen LogP contribution is -2.41. The Bertz CT molecular complexity index is 498. The molecule has 2 rings (SSSR count). The maximum Gasteiger partial charge on any atom is 0.316 e. The van der Waals surface area contributed by atoms with E-state index in [1.807, 2.05) is 54.4 Å². The van der Waals surface area contributed by atoms with Crippen LogP contribution in [0.25, 0.3) is 0 Å². The zero-order chi connectivity index (χ0) is 13.8. The van der Waals surface area contributed by atoms with Gasteiger partial charge in [0.2, 0.25) is 0 Å². The number of nitrogens with zero attached hydrogens (tertiary/aromatic N) is 1. The van der Waals surface area contributed by atoms with Gasteiger partial charge in [-0.2, -0.15) is 0 Å². The van der Waals surface area contributed by atoms with E-state index in [0.29, 0.717) is 11.5 Å². The molecule has 100 valence electrons. The lowest BCUT2D eigenvalue weighted by atomic mass is 9.90. The van der Waals surface area contributed by atoms with Gasteiger partial charge in [0.25, 0.3) is 0 Å². The molecule has 1 aliphatic rings. The van der Waals surface area contributed by atoms with Crippen LogP contribution in [0, 0.1) is 11.8 Å². The summed E-state index contributed by atoms with van der Waals surface area (Å²) < 4.78 is 4.84. The molecule has 1 aliphatic heterocycles. The number of carbonyl (C=O) groups is 1. The Morgan fingerprint density at radius 2 is 2.05 bits per heavy atom. The highest BCUT2D eigenvalue weighted by molar-refractivity contribution is 7.80. The van der Waals surface area contributed by atoms with E-state index in [1.165, 1.54) is 7.11 Å². The quantitative estimate of drug-likeness (QED) is 0.626. The first-order valence-electron chi connectivity index (χ1n) is 6.24. The maximum absolute atomic E-state index is 11.8. The highest BCUT2D eigenvalue weighted by Crippen LogP contribution is 2.25. The zero-order valence-corrected chi connectivity index (χ0v) is 11.9. The third kappa shape index (κ3) is 3.01. The Labute approximate surface area is 118 Å². The van der Waals surface area contributed by atoms with Crippen LogP contribution in [-0.2, 0) is 16.1 Å². The van der Waals surface area contributed by atoms with Gasteiger partial charge in [-0.1, -0.05) is 55.5 Å². The molecular formula is C15H17NO2S. The van der Waals surface area contributed by atoms with Crippen molar-refractivity contribution in [1.82, 2.24) is 4.90 Å². The van der Waals surface area contributed by atoms with Crippen molar-refractivity contribution < 1.29 is 9.53 Å². The monoisotopic (exact) mass is 275 g/mol. The highest BCUT2D eigenvalue weighted by atomic mass is 32.1. The number of rotatable bonds is 3. The molecule has 0 amide bonds. The fraction of sp³-hybridized carbons (Fsp3) is 0.333. The van der Waals surface area contributed by atoms with Gasteiger partial charge in [0.05, 0.1) is 12.1 Å². The number of hydrogen-bond donors (Lipinski definition) is 0. The van der Waals surface area contributed by atoms with Crippen LogP contribution in [0.2, 0.25) is 0 Å². The third-order valence-electron chi connectivity index (χ3n) is 3.30. The van der Waals surface area contributed by atoms with Gasteiger partial charge in [-0.25, -0.2) is 0 Å². The molecule has 0 N–H and O–H groups in total. The van der Waals surface area contributed by atoms with Crippen molar-refractivity contribution in [3.63, 3.8) is 0 Å². The second kappa shape index (κ2) is 5.97. The van der Waals surface area contributed by atoms with E-state index in [0.717, 1.165) is 5.56 Å². The number of esters is 1. The summed E-state index contributed by atoms with van der Waals surface area (Å²) in [5.74, 6) is -0.555. The Morgan fingerprint density at radius 1 is 1.37 bits per heavy atom. The molecule has 0 fully saturated rings. The number of allylic oxidation sites excluding steroid dienone is 1. The number of carbonyl (C=O) groups excluding carboxylic acids is 1. The summed E-state index contributed by atoms with van der Waals surface area (Å²) in [4.78, 5) is 14.4. The number of thiocarbonyl (C=S) groups is 1. The summed E-state index contributed by atoms with van der Waals surface area (Å²) in [5, 5.41) is 0. The maximum atomic E-state index is 11.8. The average Bonchev–Trinajstić information content (AvgIpc) is 2.43. The topological polar surface area (TPSA) is 29.5 Å². The Balaban J connectivity index is 2.17. The van der Waals surface area contributed by atoms with E-state index in [4.69, 9.17) is 17.0 Å². The minimum atomic E-state index is -0.367. The van der Waals surface area contributed by atoms with Crippen LogP contribution >= 0.6 is 12.2 Å². The van der Waals surface area contributed by atoms with Gasteiger partial charge in [0.1, 0.15) is 5.92 Å². The predicted octanol–water partition coefficient (Wildman–Crippen LogP) is 2.77.